The number of hydrogen-bond donors (Lipinski definition) is 1. The zero-order valence-corrected chi connectivity index (χ0v) is 12.5. The first-order valence-electron chi connectivity index (χ1n) is 7.62. The lowest BCUT2D eigenvalue weighted by atomic mass is 10.1. The Labute approximate surface area is 122 Å². The van der Waals surface area contributed by atoms with Crippen LogP contribution in [0, 0.1) is 0 Å². The highest BCUT2D eigenvalue weighted by Gasteiger charge is 2.10. The van der Waals surface area contributed by atoms with E-state index < -0.39 is 0 Å². The lowest BCUT2D eigenvalue weighted by Crippen LogP contribution is -2.20. The molecule has 3 heteroatoms. The van der Waals surface area contributed by atoms with Crippen LogP contribution < -0.4 is 5.32 Å². The highest BCUT2D eigenvalue weighted by molar-refractivity contribution is 5.15. The molecule has 0 aliphatic carbocycles. The van der Waals surface area contributed by atoms with Gasteiger partial charge in [0.05, 0.1) is 0 Å². The highest BCUT2D eigenvalue weighted by atomic mass is 15.0. The predicted molar refractivity (Wildman–Crippen MR) is 83.7 cm³/mol. The number of rotatable bonds is 8. The molecule has 2 heterocycles. The van der Waals surface area contributed by atoms with Gasteiger partial charge in [0.1, 0.15) is 0 Å². The van der Waals surface area contributed by atoms with Gasteiger partial charge in [0, 0.05) is 43.3 Å². The number of pyridine rings is 1. The van der Waals surface area contributed by atoms with Crippen LogP contribution in [0.25, 0.3) is 0 Å². The first-order valence-corrected chi connectivity index (χ1v) is 7.62. The molecule has 2 aromatic rings. The number of aromatic nitrogens is 2. The second kappa shape index (κ2) is 7.85. The molecule has 108 valence electrons. The fraction of sp³-hybridized carbons (Fsp3) is 0.471. The van der Waals surface area contributed by atoms with Gasteiger partial charge in [-0.2, -0.15) is 0 Å². The van der Waals surface area contributed by atoms with Gasteiger partial charge in [-0.1, -0.05) is 26.3 Å². The molecule has 1 N–H and O–H groups in total. The average Bonchev–Trinajstić information content (AvgIpc) is 2.95. The third-order valence-electron chi connectivity index (χ3n) is 3.56. The van der Waals surface area contributed by atoms with Crippen LogP contribution in [-0.4, -0.2) is 16.1 Å². The van der Waals surface area contributed by atoms with Crippen LogP contribution in [-0.2, 0) is 13.0 Å². The smallest absolute Gasteiger partial charge is 0.0421 e. The van der Waals surface area contributed by atoms with Gasteiger partial charge in [0.25, 0.3) is 0 Å². The van der Waals surface area contributed by atoms with E-state index in [0.29, 0.717) is 6.04 Å². The molecule has 0 bridgehead atoms. The van der Waals surface area contributed by atoms with E-state index in [1.165, 1.54) is 18.4 Å². The number of nitrogens with zero attached hydrogens (tertiary/aromatic N) is 2. The van der Waals surface area contributed by atoms with Crippen molar-refractivity contribution < 1.29 is 0 Å². The minimum Gasteiger partial charge on any atom is -0.354 e. The molecule has 20 heavy (non-hydrogen) atoms. The molecular formula is C17H25N3. The Morgan fingerprint density at radius 2 is 2.15 bits per heavy atom. The topological polar surface area (TPSA) is 29.9 Å². The fourth-order valence-corrected chi connectivity index (χ4v) is 2.52. The Balaban J connectivity index is 1.94. The maximum Gasteiger partial charge on any atom is 0.0421 e. The maximum atomic E-state index is 4.37. The SMILES string of the molecule is CCCC(NCC)c1ccn(CCc2ccccn2)c1. The molecule has 3 nitrogen and oxygen atoms in total. The summed E-state index contributed by atoms with van der Waals surface area (Å²) >= 11 is 0. The van der Waals surface area contributed by atoms with Crippen molar-refractivity contribution in [2.45, 2.75) is 45.7 Å². The molecule has 0 amide bonds. The van der Waals surface area contributed by atoms with Gasteiger partial charge in [-0.3, -0.25) is 4.98 Å². The summed E-state index contributed by atoms with van der Waals surface area (Å²) in [6.45, 7) is 6.41. The van der Waals surface area contributed by atoms with Crippen molar-refractivity contribution in [1.82, 2.24) is 14.9 Å². The minimum absolute atomic E-state index is 0.487. The van der Waals surface area contributed by atoms with Crippen LogP contribution in [0.5, 0.6) is 0 Å². The zero-order valence-electron chi connectivity index (χ0n) is 12.5. The van der Waals surface area contributed by atoms with E-state index in [1.807, 2.05) is 18.3 Å². The first kappa shape index (κ1) is 14.8. The summed E-state index contributed by atoms with van der Waals surface area (Å²) in [5.41, 5.74) is 2.55. The van der Waals surface area contributed by atoms with Crippen molar-refractivity contribution in [3.05, 3.63) is 54.1 Å². The summed E-state index contributed by atoms with van der Waals surface area (Å²) < 4.78 is 2.27. The van der Waals surface area contributed by atoms with Crippen LogP contribution in [0.2, 0.25) is 0 Å². The molecule has 2 aromatic heterocycles. The Morgan fingerprint density at radius 3 is 2.85 bits per heavy atom. The van der Waals surface area contributed by atoms with E-state index in [-0.39, 0.29) is 0 Å². The van der Waals surface area contributed by atoms with Crippen molar-refractivity contribution in [2.75, 3.05) is 6.54 Å². The monoisotopic (exact) mass is 271 g/mol. The third-order valence-corrected chi connectivity index (χ3v) is 3.56. The average molecular weight is 271 g/mol. The summed E-state index contributed by atoms with van der Waals surface area (Å²) in [6.07, 6.45) is 9.69. The van der Waals surface area contributed by atoms with Gasteiger partial charge < -0.3 is 9.88 Å². The first-order chi connectivity index (χ1) is 9.83. The number of aryl methyl sites for hydroxylation is 2. The predicted octanol–water partition coefficient (Wildman–Crippen LogP) is 3.58. The second-order valence-electron chi connectivity index (χ2n) is 5.15. The van der Waals surface area contributed by atoms with Crippen LogP contribution >= 0.6 is 0 Å². The van der Waals surface area contributed by atoms with Crippen molar-refractivity contribution in [3.63, 3.8) is 0 Å². The van der Waals surface area contributed by atoms with Crippen molar-refractivity contribution in [2.24, 2.45) is 0 Å². The van der Waals surface area contributed by atoms with E-state index in [9.17, 15) is 0 Å². The van der Waals surface area contributed by atoms with E-state index in [0.717, 1.165) is 25.2 Å². The molecule has 0 saturated carbocycles. The normalized spacial score (nSPS) is 12.5. The minimum atomic E-state index is 0.487. The summed E-state index contributed by atoms with van der Waals surface area (Å²) in [7, 11) is 0. The molecule has 0 aromatic carbocycles. The molecule has 0 radical (unpaired) electrons. The van der Waals surface area contributed by atoms with Crippen molar-refractivity contribution in [3.8, 4) is 0 Å². The van der Waals surface area contributed by atoms with Gasteiger partial charge in [-0.25, -0.2) is 0 Å². The molecule has 1 atom stereocenters. The Hall–Kier alpha value is -1.61. The van der Waals surface area contributed by atoms with Crippen molar-refractivity contribution in [1.29, 1.82) is 0 Å². The largest absolute Gasteiger partial charge is 0.354 e. The molecule has 0 aliphatic heterocycles. The van der Waals surface area contributed by atoms with Crippen LogP contribution in [0.4, 0.5) is 0 Å². The van der Waals surface area contributed by atoms with Gasteiger partial charge in [0.15, 0.2) is 0 Å². The van der Waals surface area contributed by atoms with E-state index in [4.69, 9.17) is 0 Å². The number of hydrogen-bond acceptors (Lipinski definition) is 2. The van der Waals surface area contributed by atoms with E-state index >= 15 is 0 Å². The molecule has 0 aliphatic rings. The summed E-state index contributed by atoms with van der Waals surface area (Å²) in [6, 6.07) is 8.82. The summed E-state index contributed by atoms with van der Waals surface area (Å²) in [4.78, 5) is 4.37. The van der Waals surface area contributed by atoms with Gasteiger partial charge in [-0.05, 0) is 36.7 Å². The lowest BCUT2D eigenvalue weighted by Gasteiger charge is -2.15. The molecular weight excluding hydrogens is 246 g/mol. The van der Waals surface area contributed by atoms with Crippen LogP contribution in [0.3, 0.4) is 0 Å². The highest BCUT2D eigenvalue weighted by Crippen LogP contribution is 2.18. The number of nitrogens with one attached hydrogen (secondary N) is 1. The molecule has 0 fully saturated rings. The van der Waals surface area contributed by atoms with Gasteiger partial charge in [0.2, 0.25) is 0 Å². The Morgan fingerprint density at radius 1 is 1.25 bits per heavy atom. The lowest BCUT2D eigenvalue weighted by molar-refractivity contribution is 0.508. The standard InChI is InChI=1S/C17H25N3/c1-3-7-17(18-4-2)15-9-12-20(14-15)13-10-16-8-5-6-11-19-16/h5-6,8-9,11-12,14,17-18H,3-4,7,10,13H2,1-2H3. The molecule has 0 saturated heterocycles. The van der Waals surface area contributed by atoms with E-state index in [1.54, 1.807) is 0 Å². The molecule has 1 unspecified atom stereocenters. The van der Waals surface area contributed by atoms with Gasteiger partial charge >= 0.3 is 0 Å². The molecule has 0 spiro atoms. The van der Waals surface area contributed by atoms with Crippen molar-refractivity contribution >= 4 is 0 Å². The third kappa shape index (κ3) is 4.20. The molecule has 2 rings (SSSR count). The quantitative estimate of drug-likeness (QED) is 0.795. The Bertz CT molecular complexity index is 484. The summed E-state index contributed by atoms with van der Waals surface area (Å²) in [5, 5.41) is 3.56. The Kier molecular flexibility index (Phi) is 5.81. The summed E-state index contributed by atoms with van der Waals surface area (Å²) in [5.74, 6) is 0. The second-order valence-corrected chi connectivity index (χ2v) is 5.15. The van der Waals surface area contributed by atoms with E-state index in [2.05, 4.69) is 53.2 Å². The fourth-order valence-electron chi connectivity index (χ4n) is 2.52. The van der Waals surface area contributed by atoms with Crippen LogP contribution in [0.1, 0.15) is 44.0 Å². The zero-order chi connectivity index (χ0) is 14.2. The maximum absolute atomic E-state index is 4.37. The van der Waals surface area contributed by atoms with Gasteiger partial charge in [-0.15, -0.1) is 0 Å². The van der Waals surface area contributed by atoms with Crippen LogP contribution in [0.15, 0.2) is 42.9 Å².